The van der Waals surface area contributed by atoms with E-state index in [1.165, 1.54) is 72.1 Å². The van der Waals surface area contributed by atoms with Gasteiger partial charge in [0.2, 0.25) is 0 Å². The normalized spacial score (nSPS) is 11.7. The van der Waals surface area contributed by atoms with E-state index < -0.39 is 0 Å². The van der Waals surface area contributed by atoms with Crippen molar-refractivity contribution in [1.82, 2.24) is 9.55 Å². The van der Waals surface area contributed by atoms with E-state index in [-0.39, 0.29) is 0 Å². The molecule has 0 spiro atoms. The average molecular weight is 623 g/mol. The Morgan fingerprint density at radius 2 is 0.878 bits per heavy atom. The molecule has 9 aromatic rings. The number of pyridine rings is 1. The van der Waals surface area contributed by atoms with Crippen molar-refractivity contribution in [3.63, 3.8) is 0 Å². The average Bonchev–Trinajstić information content (AvgIpc) is 3.51. The fourth-order valence-corrected chi connectivity index (χ4v) is 7.86. The molecule has 2 nitrogen and oxygen atoms in total. The molecule has 0 saturated heterocycles. The van der Waals surface area contributed by atoms with Gasteiger partial charge in [0.25, 0.3) is 0 Å². The lowest BCUT2D eigenvalue weighted by atomic mass is 9.78. The molecular formula is C47H30N2. The summed E-state index contributed by atoms with van der Waals surface area (Å²) in [7, 11) is 0. The Kier molecular flexibility index (Phi) is 6.22. The number of para-hydroxylation sites is 1. The quantitative estimate of drug-likeness (QED) is 0.192. The van der Waals surface area contributed by atoms with E-state index in [0.717, 1.165) is 22.2 Å². The third-order valence-electron chi connectivity index (χ3n) is 10.1. The highest BCUT2D eigenvalue weighted by Crippen LogP contribution is 2.50. The van der Waals surface area contributed by atoms with Crippen LogP contribution in [-0.4, -0.2) is 9.55 Å². The van der Waals surface area contributed by atoms with Crippen LogP contribution in [0.5, 0.6) is 0 Å². The second-order valence-corrected chi connectivity index (χ2v) is 12.7. The van der Waals surface area contributed by atoms with Crippen LogP contribution in [-0.2, 0) is 0 Å². The largest absolute Gasteiger partial charge is 0.294 e. The molecule has 0 unspecified atom stereocenters. The Bertz CT molecular complexity index is 2690. The summed E-state index contributed by atoms with van der Waals surface area (Å²) in [6, 6.07) is 63.9. The third-order valence-corrected chi connectivity index (χ3v) is 10.1. The maximum Gasteiger partial charge on any atom is 0.145 e. The van der Waals surface area contributed by atoms with E-state index in [0.29, 0.717) is 0 Å². The van der Waals surface area contributed by atoms with Crippen molar-refractivity contribution in [3.05, 3.63) is 182 Å². The first-order valence-electron chi connectivity index (χ1n) is 16.8. The van der Waals surface area contributed by atoms with Crippen molar-refractivity contribution in [1.29, 1.82) is 0 Å². The number of rotatable bonds is 3. The smallest absolute Gasteiger partial charge is 0.145 e. The fourth-order valence-electron chi connectivity index (χ4n) is 7.86. The number of hydrogen-bond acceptors (Lipinski definition) is 1. The molecule has 0 atom stereocenters. The number of benzene rings is 7. The van der Waals surface area contributed by atoms with Crippen LogP contribution in [0.1, 0.15) is 0 Å². The molecule has 2 heterocycles. The lowest BCUT2D eigenvalue weighted by Crippen LogP contribution is -1.98. The molecule has 0 N–H and O–H groups in total. The fraction of sp³-hybridized carbons (Fsp3) is 0. The minimum Gasteiger partial charge on any atom is -0.294 e. The van der Waals surface area contributed by atoms with Crippen LogP contribution in [0.2, 0.25) is 0 Å². The van der Waals surface area contributed by atoms with Crippen LogP contribution in [0, 0.1) is 0 Å². The maximum absolute atomic E-state index is 4.80. The molecule has 1 aliphatic carbocycles. The Morgan fingerprint density at radius 3 is 1.57 bits per heavy atom. The standard InChI is InChI=1S/C47H30N2/c1-2-12-34(13-3-1)49-45-28-27-33(30-44(45)43-22-11-29-48-47(43)49)31-23-25-32(26-24-31)35-20-10-21-42-40-17-7-6-16-38(40)36-14-4-5-15-37(36)39-18-8-9-19-41(39)46(35)42/h1-30H. The minimum absolute atomic E-state index is 0.973. The van der Waals surface area contributed by atoms with Crippen LogP contribution in [0.3, 0.4) is 0 Å². The number of fused-ring (bicyclic) bond motifs is 11. The van der Waals surface area contributed by atoms with Gasteiger partial charge in [0.1, 0.15) is 5.65 Å². The zero-order valence-corrected chi connectivity index (χ0v) is 26.7. The third kappa shape index (κ3) is 4.31. The number of aromatic nitrogens is 2. The molecule has 7 aromatic carbocycles. The van der Waals surface area contributed by atoms with E-state index in [9.17, 15) is 0 Å². The molecule has 0 saturated carbocycles. The summed E-state index contributed by atoms with van der Waals surface area (Å²) in [6.45, 7) is 0. The van der Waals surface area contributed by atoms with E-state index >= 15 is 0 Å². The lowest BCUT2D eigenvalue weighted by molar-refractivity contribution is 1.14. The molecule has 0 bridgehead atoms. The van der Waals surface area contributed by atoms with Crippen molar-refractivity contribution in [3.8, 4) is 72.4 Å². The van der Waals surface area contributed by atoms with Crippen molar-refractivity contribution in [2.75, 3.05) is 0 Å². The molecule has 228 valence electrons. The van der Waals surface area contributed by atoms with Gasteiger partial charge in [-0.2, -0.15) is 0 Å². The summed E-state index contributed by atoms with van der Waals surface area (Å²) in [5, 5.41) is 2.36. The molecule has 0 amide bonds. The predicted octanol–water partition coefficient (Wildman–Crippen LogP) is 12.5. The zero-order chi connectivity index (χ0) is 32.3. The highest BCUT2D eigenvalue weighted by atomic mass is 15.0. The van der Waals surface area contributed by atoms with Crippen LogP contribution >= 0.6 is 0 Å². The maximum atomic E-state index is 4.80. The topological polar surface area (TPSA) is 17.8 Å². The van der Waals surface area contributed by atoms with Gasteiger partial charge in [-0.1, -0.05) is 140 Å². The first-order chi connectivity index (χ1) is 24.3. The summed E-state index contributed by atoms with van der Waals surface area (Å²) >= 11 is 0. The van der Waals surface area contributed by atoms with Crippen molar-refractivity contribution < 1.29 is 0 Å². The molecule has 2 heteroatoms. The number of hydrogen-bond donors (Lipinski definition) is 0. The van der Waals surface area contributed by atoms with E-state index in [2.05, 4.69) is 174 Å². The van der Waals surface area contributed by atoms with Gasteiger partial charge >= 0.3 is 0 Å². The van der Waals surface area contributed by atoms with Gasteiger partial charge < -0.3 is 0 Å². The monoisotopic (exact) mass is 622 g/mol. The molecule has 2 aromatic heterocycles. The summed E-state index contributed by atoms with van der Waals surface area (Å²) in [5.74, 6) is 0. The van der Waals surface area contributed by atoms with Gasteiger partial charge in [-0.15, -0.1) is 0 Å². The molecule has 49 heavy (non-hydrogen) atoms. The first-order valence-corrected chi connectivity index (χ1v) is 16.8. The Labute approximate surface area is 285 Å². The van der Waals surface area contributed by atoms with Gasteiger partial charge in [0.15, 0.2) is 0 Å². The Hall–Kier alpha value is -6.51. The van der Waals surface area contributed by atoms with Gasteiger partial charge in [-0.25, -0.2) is 4.98 Å². The molecule has 10 rings (SSSR count). The van der Waals surface area contributed by atoms with E-state index in [4.69, 9.17) is 4.98 Å². The predicted molar refractivity (Wildman–Crippen MR) is 205 cm³/mol. The number of nitrogens with zero attached hydrogens (tertiary/aromatic N) is 2. The van der Waals surface area contributed by atoms with Crippen molar-refractivity contribution >= 4 is 21.9 Å². The first kappa shape index (κ1) is 27.6. The molecule has 1 aliphatic rings. The van der Waals surface area contributed by atoms with Crippen molar-refractivity contribution in [2.45, 2.75) is 0 Å². The molecule has 0 aliphatic heterocycles. The van der Waals surface area contributed by atoms with Gasteiger partial charge in [0.05, 0.1) is 5.52 Å². The highest BCUT2D eigenvalue weighted by molar-refractivity contribution is 6.10. The Balaban J connectivity index is 1.13. The summed E-state index contributed by atoms with van der Waals surface area (Å²) in [6.07, 6.45) is 1.88. The molecule has 0 fully saturated rings. The zero-order valence-electron chi connectivity index (χ0n) is 26.7. The second kappa shape index (κ2) is 11.0. The van der Waals surface area contributed by atoms with Crippen LogP contribution in [0.25, 0.3) is 94.4 Å². The molecule has 0 radical (unpaired) electrons. The van der Waals surface area contributed by atoms with Gasteiger partial charge in [-0.3, -0.25) is 4.57 Å². The van der Waals surface area contributed by atoms with Crippen LogP contribution in [0.4, 0.5) is 0 Å². The second-order valence-electron chi connectivity index (χ2n) is 12.7. The van der Waals surface area contributed by atoms with E-state index in [1.807, 2.05) is 12.3 Å². The summed E-state index contributed by atoms with van der Waals surface area (Å²) < 4.78 is 2.26. The van der Waals surface area contributed by atoms with Crippen LogP contribution in [0.15, 0.2) is 182 Å². The van der Waals surface area contributed by atoms with Gasteiger partial charge in [0, 0.05) is 22.7 Å². The minimum atomic E-state index is 0.973. The van der Waals surface area contributed by atoms with Gasteiger partial charge in [-0.05, 0) is 103 Å². The van der Waals surface area contributed by atoms with Crippen LogP contribution < -0.4 is 0 Å². The van der Waals surface area contributed by atoms with Crippen molar-refractivity contribution in [2.24, 2.45) is 0 Å². The van der Waals surface area contributed by atoms with E-state index in [1.54, 1.807) is 0 Å². The Morgan fingerprint density at radius 1 is 0.347 bits per heavy atom. The summed E-state index contributed by atoms with van der Waals surface area (Å²) in [4.78, 5) is 4.80. The SMILES string of the molecule is c1ccc(-n2c3ccc(-c4ccc(-c5cccc6c5-c5ccccc5-c5ccccc5-c5ccccc5-6)cc4)cc3c3cccnc32)cc1. The highest BCUT2D eigenvalue weighted by Gasteiger charge is 2.24. The molecular weight excluding hydrogens is 593 g/mol. The summed E-state index contributed by atoms with van der Waals surface area (Å²) in [5.41, 5.74) is 18.2. The lowest BCUT2D eigenvalue weighted by Gasteiger charge is -2.25.